The number of aromatic nitrogens is 2. The lowest BCUT2D eigenvalue weighted by Crippen LogP contribution is -2.32. The number of fused-ring (bicyclic) bond motifs is 1. The minimum absolute atomic E-state index is 0.0886. The van der Waals surface area contributed by atoms with Crippen molar-refractivity contribution in [2.24, 2.45) is 0 Å². The van der Waals surface area contributed by atoms with Crippen LogP contribution >= 0.6 is 11.6 Å². The van der Waals surface area contributed by atoms with Crippen LogP contribution < -0.4 is 10.6 Å². The number of ketones is 1. The van der Waals surface area contributed by atoms with Crippen LogP contribution in [0.4, 0.5) is 11.5 Å². The van der Waals surface area contributed by atoms with Gasteiger partial charge in [-0.05, 0) is 43.0 Å². The number of carbonyl (C=O) groups excluding carboxylic acids is 2. The van der Waals surface area contributed by atoms with E-state index >= 15 is 0 Å². The van der Waals surface area contributed by atoms with Gasteiger partial charge in [0.05, 0.1) is 6.20 Å². The standard InChI is InChI=1S/C24H21ClN4O2/c1-14-7-2-5-10-18(14)28-24(31)16-13-26-29-22(15-8-3-4-9-17(15)25)21-19(27-23(16)29)11-6-12-20(21)30/h2-5,7-10,13,22,27H,6,11-12H2,1H3,(H,28,31). The highest BCUT2D eigenvalue weighted by Crippen LogP contribution is 2.43. The first-order valence-electron chi connectivity index (χ1n) is 10.3. The minimum atomic E-state index is -0.465. The van der Waals surface area contributed by atoms with E-state index < -0.39 is 6.04 Å². The van der Waals surface area contributed by atoms with Crippen molar-refractivity contribution in [1.29, 1.82) is 0 Å². The highest BCUT2D eigenvalue weighted by Gasteiger charge is 2.38. The average Bonchev–Trinajstić information content (AvgIpc) is 3.18. The number of hydrogen-bond acceptors (Lipinski definition) is 4. The summed E-state index contributed by atoms with van der Waals surface area (Å²) in [4.78, 5) is 26.0. The summed E-state index contributed by atoms with van der Waals surface area (Å²) in [5.74, 6) is 0.405. The Hall–Kier alpha value is -3.38. The predicted octanol–water partition coefficient (Wildman–Crippen LogP) is 5.12. The van der Waals surface area contributed by atoms with Crippen molar-refractivity contribution < 1.29 is 9.59 Å². The van der Waals surface area contributed by atoms with Crippen LogP contribution in [-0.4, -0.2) is 21.5 Å². The average molecular weight is 433 g/mol. The van der Waals surface area contributed by atoms with E-state index in [4.69, 9.17) is 11.6 Å². The zero-order valence-electron chi connectivity index (χ0n) is 17.0. The molecule has 6 nitrogen and oxygen atoms in total. The van der Waals surface area contributed by atoms with Crippen molar-refractivity contribution in [1.82, 2.24) is 9.78 Å². The number of amides is 1. The number of aryl methyl sites for hydroxylation is 1. The molecule has 2 aromatic carbocycles. The fourth-order valence-electron chi connectivity index (χ4n) is 4.31. The summed E-state index contributed by atoms with van der Waals surface area (Å²) in [6.45, 7) is 1.94. The van der Waals surface area contributed by atoms with Gasteiger partial charge >= 0.3 is 0 Å². The van der Waals surface area contributed by atoms with Crippen LogP contribution in [0.5, 0.6) is 0 Å². The summed E-state index contributed by atoms with van der Waals surface area (Å²) in [5.41, 5.74) is 4.47. The second-order valence-electron chi connectivity index (χ2n) is 7.84. The molecule has 0 fully saturated rings. The van der Waals surface area contributed by atoms with Gasteiger partial charge in [-0.2, -0.15) is 5.10 Å². The monoisotopic (exact) mass is 432 g/mol. The lowest BCUT2D eigenvalue weighted by molar-refractivity contribution is -0.116. The minimum Gasteiger partial charge on any atom is -0.343 e. The Balaban J connectivity index is 1.60. The lowest BCUT2D eigenvalue weighted by Gasteiger charge is -2.33. The van der Waals surface area contributed by atoms with Gasteiger partial charge in [-0.1, -0.05) is 48.0 Å². The third kappa shape index (κ3) is 3.33. The molecule has 1 aliphatic carbocycles. The number of benzene rings is 2. The molecule has 156 valence electrons. The summed E-state index contributed by atoms with van der Waals surface area (Å²) in [7, 11) is 0. The second-order valence-corrected chi connectivity index (χ2v) is 8.25. The molecular formula is C24H21ClN4O2. The van der Waals surface area contributed by atoms with Crippen molar-refractivity contribution in [2.45, 2.75) is 32.2 Å². The van der Waals surface area contributed by atoms with Gasteiger partial charge in [-0.25, -0.2) is 4.68 Å². The normalized spacial score (nSPS) is 17.6. The summed E-state index contributed by atoms with van der Waals surface area (Å²) < 4.78 is 1.70. The van der Waals surface area contributed by atoms with Gasteiger partial charge in [-0.3, -0.25) is 9.59 Å². The number of anilines is 2. The topological polar surface area (TPSA) is 76.0 Å². The predicted molar refractivity (Wildman–Crippen MR) is 120 cm³/mol. The summed E-state index contributed by atoms with van der Waals surface area (Å²) >= 11 is 6.52. The number of rotatable bonds is 3. The maximum absolute atomic E-state index is 13.1. The molecule has 0 saturated carbocycles. The largest absolute Gasteiger partial charge is 0.343 e. The number of para-hydroxylation sites is 1. The quantitative estimate of drug-likeness (QED) is 0.602. The highest BCUT2D eigenvalue weighted by atomic mass is 35.5. The smallest absolute Gasteiger partial charge is 0.261 e. The van der Waals surface area contributed by atoms with Crippen molar-refractivity contribution in [3.05, 3.63) is 87.7 Å². The SMILES string of the molecule is Cc1ccccc1NC(=O)c1cnn2c1NC1=C(C(=O)CCC1)C2c1ccccc1Cl. The van der Waals surface area contributed by atoms with Crippen molar-refractivity contribution in [3.8, 4) is 0 Å². The van der Waals surface area contributed by atoms with Crippen LogP contribution in [0.3, 0.4) is 0 Å². The van der Waals surface area contributed by atoms with E-state index in [1.54, 1.807) is 16.9 Å². The molecular weight excluding hydrogens is 412 g/mol. The Morgan fingerprint density at radius 3 is 2.74 bits per heavy atom. The first-order chi connectivity index (χ1) is 15.0. The maximum Gasteiger partial charge on any atom is 0.261 e. The first-order valence-corrected chi connectivity index (χ1v) is 10.6. The zero-order chi connectivity index (χ0) is 21.5. The number of nitrogens with one attached hydrogen (secondary N) is 2. The molecule has 0 saturated heterocycles. The Morgan fingerprint density at radius 1 is 1.16 bits per heavy atom. The number of hydrogen-bond donors (Lipinski definition) is 2. The second kappa shape index (κ2) is 7.71. The number of halogens is 1. The van der Waals surface area contributed by atoms with Crippen molar-refractivity contribution in [3.63, 3.8) is 0 Å². The Morgan fingerprint density at radius 2 is 1.94 bits per heavy atom. The number of carbonyl (C=O) groups is 2. The fourth-order valence-corrected chi connectivity index (χ4v) is 4.55. The van der Waals surface area contributed by atoms with Gasteiger partial charge in [0.15, 0.2) is 5.78 Å². The zero-order valence-corrected chi connectivity index (χ0v) is 17.7. The van der Waals surface area contributed by atoms with Crippen LogP contribution in [0.1, 0.15) is 46.8 Å². The molecule has 1 amide bonds. The molecule has 1 unspecified atom stereocenters. The Bertz CT molecular complexity index is 1240. The van der Waals surface area contributed by atoms with E-state index in [0.29, 0.717) is 28.4 Å². The molecule has 3 aromatic rings. The van der Waals surface area contributed by atoms with Crippen LogP contribution in [0.2, 0.25) is 5.02 Å². The third-order valence-corrected chi connectivity index (χ3v) is 6.22. The van der Waals surface area contributed by atoms with Gasteiger partial charge in [0.2, 0.25) is 0 Å². The molecule has 5 rings (SSSR count). The van der Waals surface area contributed by atoms with E-state index in [1.165, 1.54) is 0 Å². The number of nitrogens with zero attached hydrogens (tertiary/aromatic N) is 2. The van der Waals surface area contributed by atoms with E-state index in [-0.39, 0.29) is 11.7 Å². The molecule has 0 spiro atoms. The molecule has 0 bridgehead atoms. The van der Waals surface area contributed by atoms with Gasteiger partial charge in [-0.15, -0.1) is 0 Å². The van der Waals surface area contributed by atoms with E-state index in [2.05, 4.69) is 15.7 Å². The van der Waals surface area contributed by atoms with Crippen LogP contribution in [0, 0.1) is 6.92 Å². The molecule has 2 N–H and O–H groups in total. The highest BCUT2D eigenvalue weighted by molar-refractivity contribution is 6.31. The van der Waals surface area contributed by atoms with E-state index in [9.17, 15) is 9.59 Å². The van der Waals surface area contributed by atoms with Gasteiger partial charge in [0.25, 0.3) is 5.91 Å². The van der Waals surface area contributed by atoms with Crippen LogP contribution in [0.15, 0.2) is 66.0 Å². The Kier molecular flexibility index (Phi) is 4.87. The fraction of sp³-hybridized carbons (Fsp3) is 0.208. The first kappa shape index (κ1) is 19.6. The summed E-state index contributed by atoms with van der Waals surface area (Å²) in [6.07, 6.45) is 3.56. The number of allylic oxidation sites excluding steroid dienone is 2. The molecule has 0 radical (unpaired) electrons. The van der Waals surface area contributed by atoms with Gasteiger partial charge < -0.3 is 10.6 Å². The Labute approximate surface area is 184 Å². The molecule has 2 aliphatic rings. The maximum atomic E-state index is 13.1. The molecule has 7 heteroatoms. The van der Waals surface area contributed by atoms with Crippen molar-refractivity contribution in [2.75, 3.05) is 10.6 Å². The van der Waals surface area contributed by atoms with Gasteiger partial charge in [0.1, 0.15) is 17.4 Å². The molecule has 1 atom stereocenters. The molecule has 1 aliphatic heterocycles. The third-order valence-electron chi connectivity index (χ3n) is 5.88. The van der Waals surface area contributed by atoms with E-state index in [0.717, 1.165) is 35.4 Å². The summed E-state index contributed by atoms with van der Waals surface area (Å²) in [6, 6.07) is 14.6. The molecule has 2 heterocycles. The van der Waals surface area contributed by atoms with Crippen LogP contribution in [0.25, 0.3) is 0 Å². The van der Waals surface area contributed by atoms with Gasteiger partial charge in [0, 0.05) is 28.4 Å². The summed E-state index contributed by atoms with van der Waals surface area (Å²) in [5, 5.41) is 11.4. The number of Topliss-reactive ketones (excluding diaryl/α,β-unsaturated/α-hetero) is 1. The van der Waals surface area contributed by atoms with Crippen LogP contribution in [-0.2, 0) is 4.79 Å². The lowest BCUT2D eigenvalue weighted by atomic mass is 9.85. The molecule has 1 aromatic heterocycles. The molecule has 31 heavy (non-hydrogen) atoms. The van der Waals surface area contributed by atoms with Crippen molar-refractivity contribution >= 4 is 34.8 Å². The van der Waals surface area contributed by atoms with E-state index in [1.807, 2.05) is 49.4 Å².